The zero-order chi connectivity index (χ0) is 22.8. The van der Waals surface area contributed by atoms with Crippen molar-refractivity contribution in [2.75, 3.05) is 37.2 Å². The average Bonchev–Trinajstić information content (AvgIpc) is 3.19. The number of rotatable bonds is 7. The van der Waals surface area contributed by atoms with Gasteiger partial charge in [0.2, 0.25) is 5.88 Å². The van der Waals surface area contributed by atoms with E-state index in [1.54, 1.807) is 19.2 Å². The fraction of sp³-hybridized carbons (Fsp3) is 0.333. The summed E-state index contributed by atoms with van der Waals surface area (Å²) in [4.78, 5) is 17.5. The van der Waals surface area contributed by atoms with Gasteiger partial charge in [0.25, 0.3) is 0 Å². The summed E-state index contributed by atoms with van der Waals surface area (Å²) in [6.45, 7) is 3.79. The molecule has 3 aromatic rings. The van der Waals surface area contributed by atoms with Gasteiger partial charge in [0.15, 0.2) is 18.9 Å². The third-order valence-corrected chi connectivity index (χ3v) is 6.08. The first-order chi connectivity index (χ1) is 16.1. The lowest BCUT2D eigenvalue weighted by Gasteiger charge is -2.41. The van der Waals surface area contributed by atoms with Gasteiger partial charge < -0.3 is 24.4 Å². The summed E-state index contributed by atoms with van der Waals surface area (Å²) < 4.78 is 16.9. The molecule has 0 saturated carbocycles. The molecule has 9 heteroatoms. The summed E-state index contributed by atoms with van der Waals surface area (Å²) in [5.74, 6) is 1.95. The van der Waals surface area contributed by atoms with Crippen molar-refractivity contribution in [3.05, 3.63) is 54.2 Å². The lowest BCUT2D eigenvalue weighted by molar-refractivity contribution is 0.0515. The predicted octanol–water partition coefficient (Wildman–Crippen LogP) is 3.18. The fourth-order valence-corrected chi connectivity index (χ4v) is 4.47. The Hall–Kier alpha value is -3.72. The zero-order valence-electron chi connectivity index (χ0n) is 18.5. The van der Waals surface area contributed by atoms with Crippen LogP contribution in [0.15, 0.2) is 48.7 Å². The number of anilines is 2. The van der Waals surface area contributed by atoms with E-state index >= 15 is 0 Å². The molecule has 2 atom stereocenters. The molecule has 170 valence electrons. The van der Waals surface area contributed by atoms with E-state index in [-0.39, 0.29) is 18.4 Å². The number of carbonyl (C=O) groups excluding carboxylic acids is 1. The van der Waals surface area contributed by atoms with Gasteiger partial charge in [0.05, 0.1) is 23.5 Å². The molecule has 1 aromatic carbocycles. The smallest absolute Gasteiger partial charge is 0.213 e. The number of methoxy groups -OCH3 is 1. The Labute approximate surface area is 191 Å². The molecule has 0 amide bonds. The number of hydrogen-bond donors (Lipinski definition) is 1. The van der Waals surface area contributed by atoms with Gasteiger partial charge in [-0.05, 0) is 31.2 Å². The summed E-state index contributed by atoms with van der Waals surface area (Å²) in [6.07, 6.45) is 3.06. The van der Waals surface area contributed by atoms with Crippen molar-refractivity contribution >= 4 is 17.8 Å². The van der Waals surface area contributed by atoms with E-state index in [1.807, 2.05) is 30.3 Å². The molecule has 33 heavy (non-hydrogen) atoms. The lowest BCUT2D eigenvalue weighted by atomic mass is 9.95. The molecule has 0 bridgehead atoms. The second-order valence-corrected chi connectivity index (χ2v) is 8.46. The van der Waals surface area contributed by atoms with Crippen LogP contribution in [0.1, 0.15) is 23.7 Å². The average molecular weight is 447 g/mol. The van der Waals surface area contributed by atoms with Crippen molar-refractivity contribution < 1.29 is 19.0 Å². The maximum Gasteiger partial charge on any atom is 0.213 e. The van der Waals surface area contributed by atoms with Gasteiger partial charge in [-0.15, -0.1) is 10.2 Å². The van der Waals surface area contributed by atoms with Crippen molar-refractivity contribution in [2.24, 2.45) is 0 Å². The van der Waals surface area contributed by atoms with Crippen molar-refractivity contribution in [3.8, 4) is 22.9 Å². The number of ether oxygens (including phenoxy) is 3. The van der Waals surface area contributed by atoms with Gasteiger partial charge in [-0.3, -0.25) is 4.79 Å². The van der Waals surface area contributed by atoms with E-state index in [1.165, 1.54) is 6.20 Å². The number of nitrogens with zero attached hydrogens (tertiary/aromatic N) is 4. The van der Waals surface area contributed by atoms with Crippen LogP contribution in [0.3, 0.4) is 0 Å². The SMILES string of the molecule is COCOc1ccccc1-c1cc2c(nn1)NC[C@]1(C)C[C@@H](Oc3ccc(C=O)cn3)CN21. The van der Waals surface area contributed by atoms with E-state index in [4.69, 9.17) is 14.2 Å². The Morgan fingerprint density at radius 2 is 2.12 bits per heavy atom. The standard InChI is InChI=1S/C24H25N5O4/c1-24-10-17(33-22-8-7-16(13-30)11-25-22)12-29(24)20-9-19(27-28-23(20)26-14-24)18-5-3-4-6-21(18)32-15-31-2/h3-9,11,13,17H,10,12,14-15H2,1-2H3,(H,26,28)/t17-,24+/m1/s1. The number of aldehydes is 1. The van der Waals surface area contributed by atoms with Gasteiger partial charge in [-0.2, -0.15) is 0 Å². The number of benzene rings is 1. The number of aromatic nitrogens is 3. The summed E-state index contributed by atoms with van der Waals surface area (Å²) in [7, 11) is 1.59. The van der Waals surface area contributed by atoms with E-state index in [9.17, 15) is 4.79 Å². The van der Waals surface area contributed by atoms with Crippen LogP contribution in [0.4, 0.5) is 11.5 Å². The number of pyridine rings is 1. The molecule has 1 saturated heterocycles. The molecule has 2 aromatic heterocycles. The van der Waals surface area contributed by atoms with Crippen molar-refractivity contribution in [3.63, 3.8) is 0 Å². The first-order valence-electron chi connectivity index (χ1n) is 10.8. The van der Waals surface area contributed by atoms with Crippen molar-refractivity contribution in [1.82, 2.24) is 15.2 Å². The maximum atomic E-state index is 10.9. The lowest BCUT2D eigenvalue weighted by Crippen LogP contribution is -2.50. The zero-order valence-corrected chi connectivity index (χ0v) is 18.5. The monoisotopic (exact) mass is 447 g/mol. The molecule has 0 aliphatic carbocycles. The molecule has 1 N–H and O–H groups in total. The van der Waals surface area contributed by atoms with Gasteiger partial charge in [0.1, 0.15) is 11.9 Å². The molecule has 0 unspecified atom stereocenters. The summed E-state index contributed by atoms with van der Waals surface area (Å²) in [5.41, 5.74) is 2.93. The molecule has 0 radical (unpaired) electrons. The Morgan fingerprint density at radius 3 is 2.91 bits per heavy atom. The highest BCUT2D eigenvalue weighted by molar-refractivity contribution is 5.77. The largest absolute Gasteiger partial charge is 0.472 e. The second-order valence-electron chi connectivity index (χ2n) is 8.46. The Balaban J connectivity index is 1.42. The number of fused-ring (bicyclic) bond motifs is 3. The highest BCUT2D eigenvalue weighted by atomic mass is 16.7. The Kier molecular flexibility index (Phi) is 5.55. The topological polar surface area (TPSA) is 98.7 Å². The van der Waals surface area contributed by atoms with Crippen LogP contribution < -0.4 is 19.7 Å². The third kappa shape index (κ3) is 4.07. The molecular weight excluding hydrogens is 422 g/mol. The maximum absolute atomic E-state index is 10.9. The summed E-state index contributed by atoms with van der Waals surface area (Å²) in [5, 5.41) is 12.3. The van der Waals surface area contributed by atoms with Crippen molar-refractivity contribution in [2.45, 2.75) is 25.0 Å². The van der Waals surface area contributed by atoms with Gasteiger partial charge in [-0.25, -0.2) is 4.98 Å². The fourth-order valence-electron chi connectivity index (χ4n) is 4.47. The molecule has 1 fully saturated rings. The van der Waals surface area contributed by atoms with Gasteiger partial charge in [-0.1, -0.05) is 12.1 Å². The minimum absolute atomic E-state index is 0.0498. The molecule has 2 aliphatic heterocycles. The second kappa shape index (κ2) is 8.67. The highest BCUT2D eigenvalue weighted by Crippen LogP contribution is 2.43. The minimum atomic E-state index is -0.146. The van der Waals surface area contributed by atoms with Crippen LogP contribution in [0.25, 0.3) is 11.3 Å². The van der Waals surface area contributed by atoms with Crippen LogP contribution in [-0.4, -0.2) is 60.1 Å². The first kappa shape index (κ1) is 21.1. The molecule has 9 nitrogen and oxygen atoms in total. The molecule has 0 spiro atoms. The third-order valence-electron chi connectivity index (χ3n) is 6.08. The van der Waals surface area contributed by atoms with Crippen LogP contribution in [0.2, 0.25) is 0 Å². The van der Waals surface area contributed by atoms with Crippen LogP contribution >= 0.6 is 0 Å². The number of nitrogens with one attached hydrogen (secondary N) is 1. The molecule has 2 aliphatic rings. The Morgan fingerprint density at radius 1 is 1.24 bits per heavy atom. The van der Waals surface area contributed by atoms with E-state index in [0.29, 0.717) is 23.7 Å². The van der Waals surface area contributed by atoms with Crippen molar-refractivity contribution in [1.29, 1.82) is 0 Å². The molecular formula is C24H25N5O4. The normalized spacial score (nSPS) is 21.0. The van der Waals surface area contributed by atoms with Crippen LogP contribution in [-0.2, 0) is 4.74 Å². The number of para-hydroxylation sites is 1. The number of carbonyl (C=O) groups is 1. The molecule has 4 heterocycles. The summed E-state index contributed by atoms with van der Waals surface area (Å²) >= 11 is 0. The van der Waals surface area contributed by atoms with Gasteiger partial charge in [0, 0.05) is 43.5 Å². The van der Waals surface area contributed by atoms with Gasteiger partial charge >= 0.3 is 0 Å². The van der Waals surface area contributed by atoms with E-state index in [2.05, 4.69) is 32.3 Å². The van der Waals surface area contributed by atoms with Crippen LogP contribution in [0.5, 0.6) is 11.6 Å². The van der Waals surface area contributed by atoms with E-state index in [0.717, 1.165) is 42.0 Å². The Bertz CT molecular complexity index is 1160. The minimum Gasteiger partial charge on any atom is -0.472 e. The molecule has 5 rings (SSSR count). The summed E-state index contributed by atoms with van der Waals surface area (Å²) in [6, 6.07) is 13.2. The number of hydrogen-bond acceptors (Lipinski definition) is 9. The van der Waals surface area contributed by atoms with Crippen LogP contribution in [0, 0.1) is 0 Å². The quantitative estimate of drug-likeness (QED) is 0.432. The first-order valence-corrected chi connectivity index (χ1v) is 10.8. The van der Waals surface area contributed by atoms with E-state index < -0.39 is 0 Å². The predicted molar refractivity (Wildman–Crippen MR) is 123 cm³/mol. The highest BCUT2D eigenvalue weighted by Gasteiger charge is 2.47.